The normalized spacial score (nSPS) is 14.4. The summed E-state index contributed by atoms with van der Waals surface area (Å²) in [6.45, 7) is 9.06. The van der Waals surface area contributed by atoms with Gasteiger partial charge in [-0.3, -0.25) is 0 Å². The van der Waals surface area contributed by atoms with Gasteiger partial charge in [-0.15, -0.1) is 0 Å². The number of carbonyl (C=O) groups is 1. The molecule has 0 saturated carbocycles. The van der Waals surface area contributed by atoms with Crippen LogP contribution in [-0.4, -0.2) is 47.1 Å². The first-order chi connectivity index (χ1) is 13.5. The maximum absolute atomic E-state index is 12.7. The van der Waals surface area contributed by atoms with Crippen molar-refractivity contribution in [3.05, 3.63) is 59.4 Å². The summed E-state index contributed by atoms with van der Waals surface area (Å²) in [6.07, 6.45) is 0. The van der Waals surface area contributed by atoms with E-state index in [2.05, 4.69) is 51.4 Å². The molecule has 6 heteroatoms. The van der Waals surface area contributed by atoms with Crippen molar-refractivity contribution in [2.45, 2.75) is 20.8 Å². The minimum atomic E-state index is -0.0694. The molecule has 2 amide bonds. The summed E-state index contributed by atoms with van der Waals surface area (Å²) in [4.78, 5) is 26.0. The van der Waals surface area contributed by atoms with Crippen LogP contribution in [0.5, 0.6) is 0 Å². The lowest BCUT2D eigenvalue weighted by Gasteiger charge is -2.36. The van der Waals surface area contributed by atoms with Gasteiger partial charge in [0.15, 0.2) is 0 Å². The monoisotopic (exact) mass is 375 g/mol. The lowest BCUT2D eigenvalue weighted by atomic mass is 10.2. The van der Waals surface area contributed by atoms with Crippen molar-refractivity contribution in [1.29, 1.82) is 0 Å². The molecule has 1 saturated heterocycles. The first-order valence-electron chi connectivity index (χ1n) is 9.62. The Balaban J connectivity index is 1.40. The number of amides is 2. The molecule has 2 aromatic carbocycles. The zero-order valence-corrected chi connectivity index (χ0v) is 16.6. The van der Waals surface area contributed by atoms with Gasteiger partial charge in [-0.1, -0.05) is 12.1 Å². The topological polar surface area (TPSA) is 61.4 Å². The molecule has 4 rings (SSSR count). The number of hydrogen-bond donors (Lipinski definition) is 1. The van der Waals surface area contributed by atoms with Gasteiger partial charge in [-0.2, -0.15) is 0 Å². The van der Waals surface area contributed by atoms with Gasteiger partial charge in [0.25, 0.3) is 0 Å². The van der Waals surface area contributed by atoms with E-state index in [-0.39, 0.29) is 6.03 Å². The molecule has 6 nitrogen and oxygen atoms in total. The van der Waals surface area contributed by atoms with Crippen molar-refractivity contribution in [3.8, 4) is 0 Å². The molecule has 144 valence electrons. The molecule has 2 heterocycles. The predicted octanol–water partition coefficient (Wildman–Crippen LogP) is 3.91. The first-order valence-corrected chi connectivity index (χ1v) is 9.62. The van der Waals surface area contributed by atoms with Crippen LogP contribution in [0.4, 0.5) is 16.2 Å². The van der Waals surface area contributed by atoms with Crippen LogP contribution in [0, 0.1) is 20.8 Å². The minimum Gasteiger partial charge on any atom is -0.368 e. The summed E-state index contributed by atoms with van der Waals surface area (Å²) in [7, 11) is 0. The molecule has 1 fully saturated rings. The van der Waals surface area contributed by atoms with Crippen molar-refractivity contribution in [3.63, 3.8) is 0 Å². The summed E-state index contributed by atoms with van der Waals surface area (Å²) < 4.78 is 0. The molecule has 0 aliphatic carbocycles. The van der Waals surface area contributed by atoms with Gasteiger partial charge in [-0.25, -0.2) is 14.8 Å². The highest BCUT2D eigenvalue weighted by atomic mass is 16.2. The number of nitrogens with one attached hydrogen (secondary N) is 1. The number of carbonyl (C=O) groups excluding carboxylic acids is 1. The van der Waals surface area contributed by atoms with E-state index in [4.69, 9.17) is 0 Å². The standard InChI is InChI=1S/C22H25N5O/c1-15-5-4-6-19(13-15)26-9-11-27(12-10-26)22(28)25-18-7-8-20-21(14-18)24-17(3)16(2)23-20/h4-8,13-14H,9-12H2,1-3H3,(H,25,28). The molecule has 0 spiro atoms. The van der Waals surface area contributed by atoms with Crippen molar-refractivity contribution in [1.82, 2.24) is 14.9 Å². The van der Waals surface area contributed by atoms with Crippen molar-refractivity contribution < 1.29 is 4.79 Å². The average molecular weight is 375 g/mol. The molecule has 0 radical (unpaired) electrons. The van der Waals surface area contributed by atoms with Crippen LogP contribution in [0.3, 0.4) is 0 Å². The van der Waals surface area contributed by atoms with E-state index < -0.39 is 0 Å². The molecule has 1 aromatic heterocycles. The largest absolute Gasteiger partial charge is 0.368 e. The zero-order chi connectivity index (χ0) is 19.7. The molecule has 28 heavy (non-hydrogen) atoms. The Kier molecular flexibility index (Phi) is 4.86. The van der Waals surface area contributed by atoms with Crippen molar-refractivity contribution in [2.24, 2.45) is 0 Å². The summed E-state index contributed by atoms with van der Waals surface area (Å²) in [5.41, 5.74) is 6.69. The number of nitrogens with zero attached hydrogens (tertiary/aromatic N) is 4. The molecule has 0 bridgehead atoms. The fraction of sp³-hybridized carbons (Fsp3) is 0.318. The van der Waals surface area contributed by atoms with Gasteiger partial charge in [0.05, 0.1) is 22.4 Å². The SMILES string of the molecule is Cc1cccc(N2CCN(C(=O)Nc3ccc4nc(C)c(C)nc4c3)CC2)c1. The number of hydrogen-bond acceptors (Lipinski definition) is 4. The van der Waals surface area contributed by atoms with Crippen LogP contribution < -0.4 is 10.2 Å². The summed E-state index contributed by atoms with van der Waals surface area (Å²) in [5.74, 6) is 0. The van der Waals surface area contributed by atoms with Gasteiger partial charge >= 0.3 is 6.03 Å². The van der Waals surface area contributed by atoms with E-state index in [0.29, 0.717) is 13.1 Å². The second-order valence-corrected chi connectivity index (χ2v) is 7.34. The van der Waals surface area contributed by atoms with E-state index >= 15 is 0 Å². The quantitative estimate of drug-likeness (QED) is 0.738. The predicted molar refractivity (Wildman–Crippen MR) is 113 cm³/mol. The highest BCUT2D eigenvalue weighted by molar-refractivity contribution is 5.92. The highest BCUT2D eigenvalue weighted by Gasteiger charge is 2.21. The van der Waals surface area contributed by atoms with E-state index in [1.54, 1.807) is 0 Å². The molecule has 0 unspecified atom stereocenters. The van der Waals surface area contributed by atoms with E-state index in [1.165, 1.54) is 11.3 Å². The first kappa shape index (κ1) is 18.2. The number of anilines is 2. The molecule has 1 N–H and O–H groups in total. The van der Waals surface area contributed by atoms with Crippen LogP contribution >= 0.6 is 0 Å². The third-order valence-corrected chi connectivity index (χ3v) is 5.26. The number of benzene rings is 2. The Morgan fingerprint density at radius 1 is 0.893 bits per heavy atom. The van der Waals surface area contributed by atoms with E-state index in [0.717, 1.165) is 41.2 Å². The molecule has 1 aliphatic heterocycles. The van der Waals surface area contributed by atoms with E-state index in [1.807, 2.05) is 36.9 Å². The fourth-order valence-electron chi connectivity index (χ4n) is 3.50. The molecular formula is C22H25N5O. The van der Waals surface area contributed by atoms with Crippen LogP contribution in [0.2, 0.25) is 0 Å². The molecule has 3 aromatic rings. The Bertz CT molecular complexity index is 1020. The highest BCUT2D eigenvalue weighted by Crippen LogP contribution is 2.20. The lowest BCUT2D eigenvalue weighted by molar-refractivity contribution is 0.208. The second-order valence-electron chi connectivity index (χ2n) is 7.34. The Morgan fingerprint density at radius 2 is 1.61 bits per heavy atom. The van der Waals surface area contributed by atoms with E-state index in [9.17, 15) is 4.79 Å². The smallest absolute Gasteiger partial charge is 0.321 e. The van der Waals surface area contributed by atoms with Crippen LogP contribution in [-0.2, 0) is 0 Å². The van der Waals surface area contributed by atoms with Gasteiger partial charge in [-0.05, 0) is 56.7 Å². The van der Waals surface area contributed by atoms with Gasteiger partial charge < -0.3 is 15.1 Å². The number of aryl methyl sites for hydroxylation is 3. The van der Waals surface area contributed by atoms with Gasteiger partial charge in [0.1, 0.15) is 0 Å². The maximum Gasteiger partial charge on any atom is 0.321 e. The number of piperazine rings is 1. The summed E-state index contributed by atoms with van der Waals surface area (Å²) in [6, 6.07) is 14.1. The van der Waals surface area contributed by atoms with Crippen molar-refractivity contribution in [2.75, 3.05) is 36.4 Å². The second kappa shape index (κ2) is 7.46. The van der Waals surface area contributed by atoms with Crippen molar-refractivity contribution >= 4 is 28.4 Å². The number of rotatable bonds is 2. The van der Waals surface area contributed by atoms with Crippen LogP contribution in [0.15, 0.2) is 42.5 Å². The number of fused-ring (bicyclic) bond motifs is 1. The number of urea groups is 1. The Morgan fingerprint density at radius 3 is 2.32 bits per heavy atom. The number of aromatic nitrogens is 2. The Labute approximate surface area is 165 Å². The van der Waals surface area contributed by atoms with Gasteiger partial charge in [0.2, 0.25) is 0 Å². The fourth-order valence-corrected chi connectivity index (χ4v) is 3.50. The molecular weight excluding hydrogens is 350 g/mol. The third-order valence-electron chi connectivity index (χ3n) is 5.26. The maximum atomic E-state index is 12.7. The summed E-state index contributed by atoms with van der Waals surface area (Å²) in [5, 5.41) is 3.00. The van der Waals surface area contributed by atoms with Crippen LogP contribution in [0.1, 0.15) is 17.0 Å². The average Bonchev–Trinajstić information content (AvgIpc) is 2.69. The van der Waals surface area contributed by atoms with Crippen LogP contribution in [0.25, 0.3) is 11.0 Å². The third kappa shape index (κ3) is 3.76. The zero-order valence-electron chi connectivity index (χ0n) is 16.6. The minimum absolute atomic E-state index is 0.0694. The van der Waals surface area contributed by atoms with Gasteiger partial charge in [0, 0.05) is 37.6 Å². The molecule has 1 aliphatic rings. The lowest BCUT2D eigenvalue weighted by Crippen LogP contribution is -2.50. The summed E-state index contributed by atoms with van der Waals surface area (Å²) >= 11 is 0. The Hall–Kier alpha value is -3.15. The molecule has 0 atom stereocenters.